The lowest BCUT2D eigenvalue weighted by molar-refractivity contribution is 0.680. The van der Waals surface area contributed by atoms with Crippen LogP contribution in [0.5, 0.6) is 0 Å². The summed E-state index contributed by atoms with van der Waals surface area (Å²) in [6.45, 7) is 6.26. The highest BCUT2D eigenvalue weighted by Crippen LogP contribution is 2.25. The van der Waals surface area contributed by atoms with E-state index >= 15 is 0 Å². The second-order valence-corrected chi connectivity index (χ2v) is 8.67. The largest absolute Gasteiger partial charge is 0.282 e. The molecular formula is C20H17Cl2N5OS. The number of halogens is 2. The second kappa shape index (κ2) is 7.74. The number of hydrogen-bond donors (Lipinski definition) is 0. The van der Waals surface area contributed by atoms with Crippen LogP contribution in [0.2, 0.25) is 10.2 Å². The van der Waals surface area contributed by atoms with Gasteiger partial charge >= 0.3 is 0 Å². The van der Waals surface area contributed by atoms with Crippen LogP contribution in [0.3, 0.4) is 0 Å². The molecule has 3 aromatic heterocycles. The van der Waals surface area contributed by atoms with Gasteiger partial charge in [0.1, 0.15) is 16.3 Å². The summed E-state index contributed by atoms with van der Waals surface area (Å²) in [5.41, 5.74) is 3.15. The highest BCUT2D eigenvalue weighted by atomic mass is 35.5. The van der Waals surface area contributed by atoms with Crippen molar-refractivity contribution < 1.29 is 0 Å². The third-order valence-corrected chi connectivity index (χ3v) is 6.51. The molecule has 0 saturated heterocycles. The second-order valence-electron chi connectivity index (χ2n) is 6.68. The van der Waals surface area contributed by atoms with Crippen LogP contribution >= 0.6 is 34.5 Å². The lowest BCUT2D eigenvalue weighted by atomic mass is 10.2. The van der Waals surface area contributed by atoms with Crippen molar-refractivity contribution in [3.63, 3.8) is 0 Å². The summed E-state index contributed by atoms with van der Waals surface area (Å²) in [7, 11) is 0. The third-order valence-electron chi connectivity index (χ3n) is 4.74. The summed E-state index contributed by atoms with van der Waals surface area (Å²) in [6.07, 6.45) is 2.98. The first kappa shape index (κ1) is 19.8. The molecule has 4 rings (SSSR count). The third kappa shape index (κ3) is 3.73. The predicted octanol–water partition coefficient (Wildman–Crippen LogP) is 4.82. The topological polar surface area (TPSA) is 65.1 Å². The maximum atomic E-state index is 12.8. The van der Waals surface area contributed by atoms with Crippen LogP contribution in [0.15, 0.2) is 40.5 Å². The standard InChI is InChI=1S/C20H17Cl2N5OS/c1-11-13(3)29-19-17(11)20(28)27(10-23-19)24-8-16-12(2)25-26(18(16)22)9-14-4-6-15(21)7-5-14/h4-8,10H,9H2,1-3H3/b24-8+. The number of hydrogen-bond acceptors (Lipinski definition) is 5. The van der Waals surface area contributed by atoms with Crippen molar-refractivity contribution in [3.05, 3.63) is 78.4 Å². The number of thiophene rings is 1. The molecular weight excluding hydrogens is 429 g/mol. The van der Waals surface area contributed by atoms with Gasteiger partial charge in [-0.15, -0.1) is 11.3 Å². The Morgan fingerprint density at radius 1 is 1.17 bits per heavy atom. The normalized spacial score (nSPS) is 11.8. The van der Waals surface area contributed by atoms with Gasteiger partial charge in [0.05, 0.1) is 29.4 Å². The number of nitrogens with zero attached hydrogens (tertiary/aromatic N) is 5. The number of aryl methyl sites for hydroxylation is 3. The molecule has 148 valence electrons. The van der Waals surface area contributed by atoms with Gasteiger partial charge in [-0.25, -0.2) is 9.67 Å². The lowest BCUT2D eigenvalue weighted by Crippen LogP contribution is -2.17. The fourth-order valence-electron chi connectivity index (χ4n) is 3.01. The van der Waals surface area contributed by atoms with E-state index in [4.69, 9.17) is 23.2 Å². The molecule has 3 heterocycles. The summed E-state index contributed by atoms with van der Waals surface area (Å²) in [6, 6.07) is 7.50. The smallest absolute Gasteiger partial charge is 0.267 e. The van der Waals surface area contributed by atoms with Crippen molar-refractivity contribution in [2.24, 2.45) is 5.10 Å². The molecule has 0 amide bonds. The first-order valence-electron chi connectivity index (χ1n) is 8.84. The molecule has 9 heteroatoms. The van der Waals surface area contributed by atoms with Crippen LogP contribution in [-0.2, 0) is 6.54 Å². The lowest BCUT2D eigenvalue weighted by Gasteiger charge is -2.03. The average Bonchev–Trinajstić information content (AvgIpc) is 3.13. The number of aromatic nitrogens is 4. The quantitative estimate of drug-likeness (QED) is 0.423. The highest BCUT2D eigenvalue weighted by molar-refractivity contribution is 7.18. The molecule has 29 heavy (non-hydrogen) atoms. The van der Waals surface area contributed by atoms with Gasteiger partial charge < -0.3 is 0 Å². The number of rotatable bonds is 4. The molecule has 0 aliphatic carbocycles. The molecule has 0 aliphatic heterocycles. The van der Waals surface area contributed by atoms with Crippen LogP contribution in [0.25, 0.3) is 10.2 Å². The van der Waals surface area contributed by atoms with E-state index in [9.17, 15) is 4.79 Å². The molecule has 0 atom stereocenters. The number of fused-ring (bicyclic) bond motifs is 1. The average molecular weight is 446 g/mol. The zero-order valence-corrected chi connectivity index (χ0v) is 18.3. The first-order chi connectivity index (χ1) is 13.8. The van der Waals surface area contributed by atoms with Gasteiger partial charge in [0.2, 0.25) is 0 Å². The SMILES string of the molecule is Cc1nn(Cc2ccc(Cl)cc2)c(Cl)c1/C=N/n1cnc2sc(C)c(C)c2c1=O. The van der Waals surface area contributed by atoms with Crippen LogP contribution in [0.4, 0.5) is 0 Å². The molecule has 0 saturated carbocycles. The zero-order valence-electron chi connectivity index (χ0n) is 16.0. The Morgan fingerprint density at radius 3 is 2.62 bits per heavy atom. The van der Waals surface area contributed by atoms with Crippen LogP contribution in [-0.4, -0.2) is 25.7 Å². The Bertz CT molecular complexity index is 1300. The Morgan fingerprint density at radius 2 is 1.90 bits per heavy atom. The summed E-state index contributed by atoms with van der Waals surface area (Å²) in [4.78, 5) is 18.9. The van der Waals surface area contributed by atoms with Gasteiger partial charge in [-0.05, 0) is 44.0 Å². The van der Waals surface area contributed by atoms with Crippen molar-refractivity contribution >= 4 is 51.0 Å². The van der Waals surface area contributed by atoms with Crippen LogP contribution in [0, 0.1) is 20.8 Å². The van der Waals surface area contributed by atoms with Gasteiger partial charge in [0.25, 0.3) is 5.56 Å². The Hall–Kier alpha value is -2.48. The molecule has 6 nitrogen and oxygen atoms in total. The van der Waals surface area contributed by atoms with E-state index < -0.39 is 0 Å². The molecule has 0 N–H and O–H groups in total. The fraction of sp³-hybridized carbons (Fsp3) is 0.200. The Balaban J connectivity index is 1.67. The minimum atomic E-state index is -0.199. The van der Waals surface area contributed by atoms with E-state index in [1.165, 1.54) is 22.3 Å². The molecule has 0 spiro atoms. The van der Waals surface area contributed by atoms with Gasteiger partial charge in [-0.3, -0.25) is 4.79 Å². The van der Waals surface area contributed by atoms with Crippen molar-refractivity contribution in [2.75, 3.05) is 0 Å². The van der Waals surface area contributed by atoms with Gasteiger partial charge in [-0.2, -0.15) is 14.9 Å². The van der Waals surface area contributed by atoms with E-state index in [0.717, 1.165) is 26.5 Å². The maximum absolute atomic E-state index is 12.8. The Labute approximate surface area is 181 Å². The van der Waals surface area contributed by atoms with Crippen molar-refractivity contribution in [1.29, 1.82) is 0 Å². The zero-order chi connectivity index (χ0) is 20.7. The van der Waals surface area contributed by atoms with Gasteiger partial charge in [-0.1, -0.05) is 35.3 Å². The molecule has 0 bridgehead atoms. The van der Waals surface area contributed by atoms with Crippen molar-refractivity contribution in [2.45, 2.75) is 27.3 Å². The summed E-state index contributed by atoms with van der Waals surface area (Å²) < 4.78 is 2.92. The fourth-order valence-corrected chi connectivity index (χ4v) is 4.41. The predicted molar refractivity (Wildman–Crippen MR) is 119 cm³/mol. The summed E-state index contributed by atoms with van der Waals surface area (Å²) >= 11 is 14.0. The molecule has 0 radical (unpaired) electrons. The molecule has 0 aliphatic rings. The molecule has 0 unspecified atom stereocenters. The van der Waals surface area contributed by atoms with Crippen molar-refractivity contribution in [1.82, 2.24) is 19.4 Å². The first-order valence-corrected chi connectivity index (χ1v) is 10.4. The summed E-state index contributed by atoms with van der Waals surface area (Å²) in [5, 5.41) is 10.5. The maximum Gasteiger partial charge on any atom is 0.282 e. The van der Waals surface area contributed by atoms with E-state index in [0.29, 0.717) is 27.7 Å². The Kier molecular flexibility index (Phi) is 5.29. The highest BCUT2D eigenvalue weighted by Gasteiger charge is 2.14. The summed E-state index contributed by atoms with van der Waals surface area (Å²) in [5.74, 6) is 0. The van der Waals surface area contributed by atoms with E-state index in [1.54, 1.807) is 10.9 Å². The van der Waals surface area contributed by atoms with E-state index in [2.05, 4.69) is 15.2 Å². The van der Waals surface area contributed by atoms with Crippen LogP contribution < -0.4 is 5.56 Å². The molecule has 4 aromatic rings. The van der Waals surface area contributed by atoms with E-state index in [-0.39, 0.29) is 5.56 Å². The monoisotopic (exact) mass is 445 g/mol. The number of benzene rings is 1. The van der Waals surface area contributed by atoms with E-state index in [1.807, 2.05) is 45.0 Å². The van der Waals surface area contributed by atoms with Crippen molar-refractivity contribution in [3.8, 4) is 0 Å². The molecule has 0 fully saturated rings. The molecule has 1 aromatic carbocycles. The van der Waals surface area contributed by atoms with Gasteiger partial charge in [0, 0.05) is 9.90 Å². The minimum Gasteiger partial charge on any atom is -0.267 e. The minimum absolute atomic E-state index is 0.199. The van der Waals surface area contributed by atoms with Gasteiger partial charge in [0.15, 0.2) is 0 Å². The van der Waals surface area contributed by atoms with Crippen LogP contribution in [0.1, 0.15) is 27.3 Å².